The molecule has 0 amide bonds. The number of carbonyl (C=O) groups is 1. The predicted molar refractivity (Wildman–Crippen MR) is 122 cm³/mol. The van der Waals surface area contributed by atoms with Gasteiger partial charge in [-0.15, -0.1) is 0 Å². The van der Waals surface area contributed by atoms with Crippen molar-refractivity contribution in [1.82, 2.24) is 0 Å². The molecule has 0 aromatic heterocycles. The molecule has 0 fully saturated rings. The Morgan fingerprint density at radius 1 is 0.788 bits per heavy atom. The van der Waals surface area contributed by atoms with E-state index in [0.29, 0.717) is 16.9 Å². The molecule has 3 aromatic rings. The van der Waals surface area contributed by atoms with Crippen molar-refractivity contribution in [3.63, 3.8) is 0 Å². The highest BCUT2D eigenvalue weighted by atomic mass is 16.5. The van der Waals surface area contributed by atoms with Crippen molar-refractivity contribution in [2.45, 2.75) is 6.42 Å². The summed E-state index contributed by atoms with van der Waals surface area (Å²) in [5.41, 5.74) is 1.71. The smallest absolute Gasteiger partial charge is 0.185 e. The zero-order valence-electron chi connectivity index (χ0n) is 18.3. The molecule has 0 saturated heterocycles. The van der Waals surface area contributed by atoms with E-state index in [1.807, 2.05) is 0 Å². The van der Waals surface area contributed by atoms with Gasteiger partial charge in [0.2, 0.25) is 0 Å². The lowest BCUT2D eigenvalue weighted by Gasteiger charge is -2.17. The van der Waals surface area contributed by atoms with Crippen LogP contribution in [0.3, 0.4) is 0 Å². The van der Waals surface area contributed by atoms with Gasteiger partial charge < -0.3 is 34.6 Å². The van der Waals surface area contributed by atoms with Gasteiger partial charge in [0.05, 0.1) is 26.9 Å². The van der Waals surface area contributed by atoms with Crippen LogP contribution in [-0.2, 0) is 6.42 Å². The SMILES string of the molecule is COc1ccc(C(=O)/C=C/c2c(O)cc(OC)c(Cc3ccc(O)c(O)c3)c2OC)cc1O. The number of ketones is 1. The first-order valence-corrected chi connectivity index (χ1v) is 9.86. The van der Waals surface area contributed by atoms with Crippen LogP contribution in [0, 0.1) is 0 Å². The van der Waals surface area contributed by atoms with Gasteiger partial charge in [0.1, 0.15) is 17.2 Å². The third-order valence-corrected chi connectivity index (χ3v) is 5.07. The summed E-state index contributed by atoms with van der Waals surface area (Å²) in [6.07, 6.45) is 2.91. The molecule has 172 valence electrons. The van der Waals surface area contributed by atoms with Crippen molar-refractivity contribution in [1.29, 1.82) is 0 Å². The topological polar surface area (TPSA) is 126 Å². The summed E-state index contributed by atoms with van der Waals surface area (Å²) in [5.74, 6) is -0.372. The number of hydrogen-bond acceptors (Lipinski definition) is 8. The number of aromatic hydroxyl groups is 4. The highest BCUT2D eigenvalue weighted by Crippen LogP contribution is 2.41. The number of carbonyl (C=O) groups excluding carboxylic acids is 1. The predicted octanol–water partition coefficient (Wildman–Crippen LogP) is 4.02. The summed E-state index contributed by atoms with van der Waals surface area (Å²) in [6, 6.07) is 10.1. The summed E-state index contributed by atoms with van der Waals surface area (Å²) < 4.78 is 15.9. The fourth-order valence-corrected chi connectivity index (χ4v) is 3.41. The zero-order valence-corrected chi connectivity index (χ0v) is 18.3. The summed E-state index contributed by atoms with van der Waals surface area (Å²) in [4.78, 5) is 12.6. The number of phenolic OH excluding ortho intramolecular Hbond substituents is 4. The molecule has 0 radical (unpaired) electrons. The van der Waals surface area contributed by atoms with Gasteiger partial charge in [-0.05, 0) is 48.0 Å². The first-order chi connectivity index (χ1) is 15.8. The van der Waals surface area contributed by atoms with Crippen LogP contribution in [0.4, 0.5) is 0 Å². The summed E-state index contributed by atoms with van der Waals surface area (Å²) in [5, 5.41) is 39.8. The Kier molecular flexibility index (Phi) is 6.97. The van der Waals surface area contributed by atoms with Gasteiger partial charge in [0, 0.05) is 23.6 Å². The minimum absolute atomic E-state index is 0.164. The number of ether oxygens (including phenoxy) is 3. The van der Waals surface area contributed by atoms with Crippen molar-refractivity contribution >= 4 is 11.9 Å². The Hall–Kier alpha value is -4.33. The van der Waals surface area contributed by atoms with E-state index in [9.17, 15) is 25.2 Å². The standard InChI is InChI=1S/C25H24O8/c1-31-23-9-5-15(12-22(23)30)18(26)8-6-16-20(28)13-24(32-2)17(25(16)33-3)10-14-4-7-19(27)21(29)11-14/h4-9,11-13,27-30H,10H2,1-3H3/b8-6+. The van der Waals surface area contributed by atoms with Crippen LogP contribution in [0.5, 0.6) is 40.2 Å². The van der Waals surface area contributed by atoms with Crippen LogP contribution >= 0.6 is 0 Å². The second-order valence-electron chi connectivity index (χ2n) is 7.11. The van der Waals surface area contributed by atoms with E-state index in [-0.39, 0.29) is 52.0 Å². The Labute approximate surface area is 190 Å². The van der Waals surface area contributed by atoms with Gasteiger partial charge in [-0.3, -0.25) is 4.79 Å². The Balaban J connectivity index is 2.00. The van der Waals surface area contributed by atoms with Gasteiger partial charge in [-0.1, -0.05) is 6.07 Å². The van der Waals surface area contributed by atoms with Crippen LogP contribution in [0.1, 0.15) is 27.0 Å². The van der Waals surface area contributed by atoms with Crippen molar-refractivity contribution in [3.8, 4) is 40.2 Å². The lowest BCUT2D eigenvalue weighted by molar-refractivity contribution is 0.104. The highest BCUT2D eigenvalue weighted by Gasteiger charge is 2.19. The van der Waals surface area contributed by atoms with Crippen molar-refractivity contribution < 1.29 is 39.4 Å². The molecule has 0 spiro atoms. The van der Waals surface area contributed by atoms with E-state index >= 15 is 0 Å². The van der Waals surface area contributed by atoms with Crippen LogP contribution < -0.4 is 14.2 Å². The normalized spacial score (nSPS) is 10.9. The van der Waals surface area contributed by atoms with E-state index in [2.05, 4.69) is 0 Å². The van der Waals surface area contributed by atoms with E-state index in [1.165, 1.54) is 69.9 Å². The molecule has 0 atom stereocenters. The fraction of sp³-hybridized carbons (Fsp3) is 0.160. The summed E-state index contributed by atoms with van der Waals surface area (Å²) in [7, 11) is 4.28. The number of rotatable bonds is 8. The molecule has 4 N–H and O–H groups in total. The number of phenols is 4. The van der Waals surface area contributed by atoms with E-state index in [4.69, 9.17) is 14.2 Å². The van der Waals surface area contributed by atoms with Crippen molar-refractivity contribution in [3.05, 3.63) is 70.8 Å². The maximum absolute atomic E-state index is 12.6. The molecule has 0 bridgehead atoms. The molecule has 0 aliphatic carbocycles. The molecular weight excluding hydrogens is 428 g/mol. The monoisotopic (exact) mass is 452 g/mol. The summed E-state index contributed by atoms with van der Waals surface area (Å²) >= 11 is 0. The lowest BCUT2D eigenvalue weighted by atomic mass is 9.98. The van der Waals surface area contributed by atoms with Crippen molar-refractivity contribution in [2.75, 3.05) is 21.3 Å². The zero-order chi connectivity index (χ0) is 24.1. The van der Waals surface area contributed by atoms with Crippen LogP contribution in [-0.4, -0.2) is 47.5 Å². The number of allylic oxidation sites excluding steroid dienone is 1. The maximum atomic E-state index is 12.6. The fourth-order valence-electron chi connectivity index (χ4n) is 3.41. The van der Waals surface area contributed by atoms with Gasteiger partial charge in [-0.25, -0.2) is 0 Å². The minimum atomic E-state index is -0.407. The Morgan fingerprint density at radius 2 is 1.52 bits per heavy atom. The molecule has 3 rings (SSSR count). The maximum Gasteiger partial charge on any atom is 0.185 e. The third-order valence-electron chi connectivity index (χ3n) is 5.07. The highest BCUT2D eigenvalue weighted by molar-refractivity contribution is 6.07. The number of methoxy groups -OCH3 is 3. The van der Waals surface area contributed by atoms with Gasteiger partial charge in [-0.2, -0.15) is 0 Å². The largest absolute Gasteiger partial charge is 0.507 e. The Bertz CT molecular complexity index is 1210. The summed E-state index contributed by atoms with van der Waals surface area (Å²) in [6.45, 7) is 0. The number of hydrogen-bond donors (Lipinski definition) is 4. The molecule has 0 heterocycles. The molecule has 3 aromatic carbocycles. The first kappa shape index (κ1) is 23.3. The average Bonchev–Trinajstić information content (AvgIpc) is 2.80. The molecule has 0 unspecified atom stereocenters. The number of benzene rings is 3. The molecule has 0 aliphatic heterocycles. The molecule has 0 aliphatic rings. The first-order valence-electron chi connectivity index (χ1n) is 9.86. The molecule has 33 heavy (non-hydrogen) atoms. The van der Waals surface area contributed by atoms with Gasteiger partial charge in [0.25, 0.3) is 0 Å². The van der Waals surface area contributed by atoms with Crippen molar-refractivity contribution in [2.24, 2.45) is 0 Å². The quantitative estimate of drug-likeness (QED) is 0.229. The third kappa shape index (κ3) is 4.95. The molecule has 0 saturated carbocycles. The van der Waals surface area contributed by atoms with Crippen LogP contribution in [0.25, 0.3) is 6.08 Å². The lowest BCUT2D eigenvalue weighted by Crippen LogP contribution is -2.01. The van der Waals surface area contributed by atoms with Crippen LogP contribution in [0.15, 0.2) is 48.5 Å². The van der Waals surface area contributed by atoms with E-state index in [0.717, 1.165) is 0 Å². The van der Waals surface area contributed by atoms with Gasteiger partial charge >= 0.3 is 0 Å². The molecular formula is C25H24O8. The van der Waals surface area contributed by atoms with Crippen LogP contribution in [0.2, 0.25) is 0 Å². The average molecular weight is 452 g/mol. The minimum Gasteiger partial charge on any atom is -0.507 e. The van der Waals surface area contributed by atoms with E-state index in [1.54, 1.807) is 6.07 Å². The van der Waals surface area contributed by atoms with Gasteiger partial charge in [0.15, 0.2) is 28.8 Å². The molecule has 8 nitrogen and oxygen atoms in total. The molecule has 8 heteroatoms. The Morgan fingerprint density at radius 3 is 2.12 bits per heavy atom. The van der Waals surface area contributed by atoms with E-state index < -0.39 is 5.78 Å². The second-order valence-corrected chi connectivity index (χ2v) is 7.11. The second kappa shape index (κ2) is 9.86.